The average molecular weight is 308 g/mol. The molecule has 0 amide bonds. The molecule has 1 fully saturated rings. The molecule has 0 bridgehead atoms. The van der Waals surface area contributed by atoms with E-state index in [0.717, 1.165) is 51.5 Å². The van der Waals surface area contributed by atoms with Gasteiger partial charge in [-0.1, -0.05) is 30.3 Å². The first-order valence-electron chi connectivity index (χ1n) is 8.54. The van der Waals surface area contributed by atoms with E-state index in [2.05, 4.69) is 58.6 Å². The van der Waals surface area contributed by atoms with Crippen molar-refractivity contribution in [1.82, 2.24) is 15.2 Å². The van der Waals surface area contributed by atoms with Gasteiger partial charge >= 0.3 is 0 Å². The van der Waals surface area contributed by atoms with Gasteiger partial charge in [-0.25, -0.2) is 4.98 Å². The maximum Gasteiger partial charge on any atom is 0.129 e. The Morgan fingerprint density at radius 1 is 1.04 bits per heavy atom. The van der Waals surface area contributed by atoms with Gasteiger partial charge in [0.25, 0.3) is 0 Å². The summed E-state index contributed by atoms with van der Waals surface area (Å²) >= 11 is 0. The quantitative estimate of drug-likeness (QED) is 0.921. The minimum atomic E-state index is 0.926. The van der Waals surface area contributed by atoms with Crippen LogP contribution in [0.4, 0.5) is 5.82 Å². The van der Waals surface area contributed by atoms with E-state index >= 15 is 0 Å². The standard InChI is InChI=1S/C19H24N4/c1-22-9-11-23(12-10-22)19-13-16(15-5-3-2-4-6-15)17-14-20-8-7-18(17)21-19/h2-6,13,20H,7-12,14H2,1H3. The number of nitrogens with one attached hydrogen (secondary N) is 1. The van der Waals surface area contributed by atoms with Crippen LogP contribution in [0.5, 0.6) is 0 Å². The zero-order valence-corrected chi connectivity index (χ0v) is 13.8. The first kappa shape index (κ1) is 14.7. The number of nitrogens with zero attached hydrogens (tertiary/aromatic N) is 3. The molecule has 1 N–H and O–H groups in total. The van der Waals surface area contributed by atoms with Crippen LogP contribution in [0.1, 0.15) is 11.3 Å². The number of piperazine rings is 1. The number of anilines is 1. The number of aromatic nitrogens is 1. The number of benzene rings is 1. The SMILES string of the molecule is CN1CCN(c2cc(-c3ccccc3)c3c(n2)CCNC3)CC1. The van der Waals surface area contributed by atoms with E-state index in [-0.39, 0.29) is 0 Å². The van der Waals surface area contributed by atoms with Crippen LogP contribution in [0.3, 0.4) is 0 Å². The molecule has 2 aromatic rings. The molecule has 4 nitrogen and oxygen atoms in total. The van der Waals surface area contributed by atoms with Gasteiger partial charge < -0.3 is 15.1 Å². The lowest BCUT2D eigenvalue weighted by Crippen LogP contribution is -2.45. The Hall–Kier alpha value is -1.91. The van der Waals surface area contributed by atoms with Crippen molar-refractivity contribution in [2.75, 3.05) is 44.7 Å². The van der Waals surface area contributed by atoms with Crippen LogP contribution in [0, 0.1) is 0 Å². The number of fused-ring (bicyclic) bond motifs is 1. The van der Waals surface area contributed by atoms with Crippen molar-refractivity contribution in [3.63, 3.8) is 0 Å². The molecule has 0 atom stereocenters. The lowest BCUT2D eigenvalue weighted by Gasteiger charge is -2.34. The third-order valence-corrected chi connectivity index (χ3v) is 4.95. The van der Waals surface area contributed by atoms with Crippen molar-refractivity contribution < 1.29 is 0 Å². The summed E-state index contributed by atoms with van der Waals surface area (Å²) in [4.78, 5) is 9.84. The highest BCUT2D eigenvalue weighted by Crippen LogP contribution is 2.31. The maximum absolute atomic E-state index is 5.02. The number of likely N-dealkylation sites (N-methyl/N-ethyl adjacent to an activating group) is 1. The second-order valence-corrected chi connectivity index (χ2v) is 6.54. The Balaban J connectivity index is 1.76. The second-order valence-electron chi connectivity index (χ2n) is 6.54. The first-order chi connectivity index (χ1) is 11.3. The lowest BCUT2D eigenvalue weighted by molar-refractivity contribution is 0.312. The van der Waals surface area contributed by atoms with E-state index in [1.807, 2.05) is 0 Å². The van der Waals surface area contributed by atoms with Crippen LogP contribution < -0.4 is 10.2 Å². The molecule has 3 heterocycles. The minimum absolute atomic E-state index is 0.926. The monoisotopic (exact) mass is 308 g/mol. The van der Waals surface area contributed by atoms with E-state index in [1.54, 1.807) is 0 Å². The number of pyridine rings is 1. The number of hydrogen-bond acceptors (Lipinski definition) is 4. The molecule has 2 aliphatic heterocycles. The van der Waals surface area contributed by atoms with Crippen molar-refractivity contribution in [1.29, 1.82) is 0 Å². The van der Waals surface area contributed by atoms with Crippen LogP contribution in [-0.2, 0) is 13.0 Å². The molecule has 0 saturated carbocycles. The topological polar surface area (TPSA) is 31.4 Å². The molecule has 0 unspecified atom stereocenters. The molecule has 23 heavy (non-hydrogen) atoms. The van der Waals surface area contributed by atoms with E-state index in [4.69, 9.17) is 4.98 Å². The Morgan fingerprint density at radius 3 is 2.61 bits per heavy atom. The molecule has 4 heteroatoms. The Labute approximate surface area is 138 Å². The Morgan fingerprint density at radius 2 is 1.83 bits per heavy atom. The highest BCUT2D eigenvalue weighted by molar-refractivity contribution is 5.72. The van der Waals surface area contributed by atoms with E-state index in [1.165, 1.54) is 22.4 Å². The van der Waals surface area contributed by atoms with Crippen molar-refractivity contribution >= 4 is 5.82 Å². The van der Waals surface area contributed by atoms with Crippen molar-refractivity contribution in [3.8, 4) is 11.1 Å². The zero-order valence-electron chi connectivity index (χ0n) is 13.8. The van der Waals surface area contributed by atoms with Crippen LogP contribution in [0.2, 0.25) is 0 Å². The summed E-state index contributed by atoms with van der Waals surface area (Å²) in [6, 6.07) is 13.0. The van der Waals surface area contributed by atoms with Gasteiger partial charge in [-0.05, 0) is 29.8 Å². The molecular weight excluding hydrogens is 284 g/mol. The third-order valence-electron chi connectivity index (χ3n) is 4.95. The van der Waals surface area contributed by atoms with Gasteiger partial charge in [0, 0.05) is 51.4 Å². The molecule has 4 rings (SSSR count). The normalized spacial score (nSPS) is 18.7. The van der Waals surface area contributed by atoms with Crippen molar-refractivity contribution in [2.24, 2.45) is 0 Å². The predicted molar refractivity (Wildman–Crippen MR) is 94.8 cm³/mol. The highest BCUT2D eigenvalue weighted by Gasteiger charge is 2.21. The van der Waals surface area contributed by atoms with E-state index in [9.17, 15) is 0 Å². The van der Waals surface area contributed by atoms with Crippen LogP contribution in [0.15, 0.2) is 36.4 Å². The Kier molecular flexibility index (Phi) is 4.02. The van der Waals surface area contributed by atoms with Crippen LogP contribution in [-0.4, -0.2) is 49.7 Å². The van der Waals surface area contributed by atoms with Crippen molar-refractivity contribution in [3.05, 3.63) is 47.7 Å². The third kappa shape index (κ3) is 2.96. The fraction of sp³-hybridized carbons (Fsp3) is 0.421. The fourth-order valence-corrected chi connectivity index (χ4v) is 3.51. The molecule has 1 saturated heterocycles. The summed E-state index contributed by atoms with van der Waals surface area (Å²) in [6.45, 7) is 6.31. The lowest BCUT2D eigenvalue weighted by atomic mass is 9.95. The Bertz CT molecular complexity index is 675. The fourth-order valence-electron chi connectivity index (χ4n) is 3.51. The van der Waals surface area contributed by atoms with Gasteiger partial charge in [0.1, 0.15) is 5.82 Å². The zero-order chi connectivity index (χ0) is 15.6. The van der Waals surface area contributed by atoms with Gasteiger partial charge in [0.15, 0.2) is 0 Å². The van der Waals surface area contributed by atoms with Crippen LogP contribution >= 0.6 is 0 Å². The minimum Gasteiger partial charge on any atom is -0.354 e. The van der Waals surface area contributed by atoms with Gasteiger partial charge in [-0.2, -0.15) is 0 Å². The average Bonchev–Trinajstić information content (AvgIpc) is 2.62. The molecule has 0 aliphatic carbocycles. The molecular formula is C19H24N4. The summed E-state index contributed by atoms with van der Waals surface area (Å²) in [7, 11) is 2.19. The smallest absolute Gasteiger partial charge is 0.129 e. The highest BCUT2D eigenvalue weighted by atomic mass is 15.3. The molecule has 1 aromatic carbocycles. The van der Waals surface area contributed by atoms with E-state index in [0.29, 0.717) is 0 Å². The van der Waals surface area contributed by atoms with Crippen molar-refractivity contribution in [2.45, 2.75) is 13.0 Å². The number of hydrogen-bond donors (Lipinski definition) is 1. The van der Waals surface area contributed by atoms with Gasteiger partial charge in [-0.3, -0.25) is 0 Å². The summed E-state index contributed by atoms with van der Waals surface area (Å²) in [5.41, 5.74) is 5.29. The summed E-state index contributed by atoms with van der Waals surface area (Å²) in [5, 5.41) is 3.50. The van der Waals surface area contributed by atoms with Gasteiger partial charge in [-0.15, -0.1) is 0 Å². The molecule has 0 spiro atoms. The number of rotatable bonds is 2. The molecule has 1 aromatic heterocycles. The largest absolute Gasteiger partial charge is 0.354 e. The van der Waals surface area contributed by atoms with Gasteiger partial charge in [0.05, 0.1) is 0 Å². The molecule has 120 valence electrons. The predicted octanol–water partition coefficient (Wildman–Crippen LogP) is 2.15. The maximum atomic E-state index is 5.02. The summed E-state index contributed by atoms with van der Waals surface area (Å²) in [6.07, 6.45) is 1.02. The summed E-state index contributed by atoms with van der Waals surface area (Å²) in [5.74, 6) is 1.15. The molecule has 0 radical (unpaired) electrons. The molecule has 2 aliphatic rings. The van der Waals surface area contributed by atoms with E-state index < -0.39 is 0 Å². The first-order valence-corrected chi connectivity index (χ1v) is 8.54. The second kappa shape index (κ2) is 6.30. The van der Waals surface area contributed by atoms with Gasteiger partial charge in [0.2, 0.25) is 0 Å². The van der Waals surface area contributed by atoms with Crippen LogP contribution in [0.25, 0.3) is 11.1 Å². The summed E-state index contributed by atoms with van der Waals surface area (Å²) < 4.78 is 0.